The molecule has 4 aromatic rings. The maximum Gasteiger partial charge on any atom is 0.379 e. The van der Waals surface area contributed by atoms with Gasteiger partial charge in [-0.3, -0.25) is 0 Å². The zero-order valence-corrected chi connectivity index (χ0v) is 17.7. The van der Waals surface area contributed by atoms with Crippen molar-refractivity contribution in [2.45, 2.75) is 0 Å². The lowest BCUT2D eigenvalue weighted by Crippen LogP contribution is -2.15. The third kappa shape index (κ3) is 4.24. The highest BCUT2D eigenvalue weighted by molar-refractivity contribution is 6.07. The van der Waals surface area contributed by atoms with E-state index in [-0.39, 0.29) is 28.5 Å². The summed E-state index contributed by atoms with van der Waals surface area (Å²) in [6, 6.07) is 18.2. The van der Waals surface area contributed by atoms with Crippen LogP contribution in [0, 0.1) is 0 Å². The van der Waals surface area contributed by atoms with Crippen molar-refractivity contribution in [2.75, 3.05) is 14.2 Å². The smallest absolute Gasteiger partial charge is 0.379 e. The summed E-state index contributed by atoms with van der Waals surface area (Å²) in [7, 11) is 2.41. The van der Waals surface area contributed by atoms with Crippen LogP contribution in [0.5, 0.6) is 5.75 Å². The van der Waals surface area contributed by atoms with E-state index in [0.29, 0.717) is 11.3 Å². The number of furan rings is 1. The lowest BCUT2D eigenvalue weighted by Gasteiger charge is -2.07. The predicted molar refractivity (Wildman–Crippen MR) is 115 cm³/mol. The SMILES string of the molecule is COC(=O)c1c(-c2cccc(OC(=O)c3ccco3)c2)nn(-c2ccccc2)c1C(=O)OC. The first-order valence-electron chi connectivity index (χ1n) is 9.74. The fourth-order valence-electron chi connectivity index (χ4n) is 3.22. The van der Waals surface area contributed by atoms with Crippen LogP contribution in [0.4, 0.5) is 0 Å². The van der Waals surface area contributed by atoms with Crippen molar-refractivity contribution in [1.29, 1.82) is 0 Å². The summed E-state index contributed by atoms with van der Waals surface area (Å²) in [5.74, 6) is -1.99. The van der Waals surface area contributed by atoms with E-state index >= 15 is 0 Å². The molecule has 0 aliphatic rings. The third-order valence-corrected chi connectivity index (χ3v) is 4.69. The van der Waals surface area contributed by atoms with Crippen LogP contribution in [0.25, 0.3) is 16.9 Å². The molecule has 0 aliphatic carbocycles. The molecule has 0 N–H and O–H groups in total. The lowest BCUT2D eigenvalue weighted by atomic mass is 10.1. The number of hydrogen-bond acceptors (Lipinski definition) is 8. The molecule has 0 saturated heterocycles. The number of carbonyl (C=O) groups is 3. The molecule has 2 aromatic carbocycles. The molecule has 0 spiro atoms. The highest BCUT2D eigenvalue weighted by Crippen LogP contribution is 2.31. The summed E-state index contributed by atoms with van der Waals surface area (Å²) in [5, 5.41) is 4.51. The molecule has 166 valence electrons. The molecule has 0 fully saturated rings. The molecule has 0 amide bonds. The quantitative estimate of drug-likeness (QED) is 0.324. The van der Waals surface area contributed by atoms with Crippen LogP contribution < -0.4 is 4.74 Å². The second kappa shape index (κ2) is 9.23. The highest BCUT2D eigenvalue weighted by Gasteiger charge is 2.31. The molecule has 0 unspecified atom stereocenters. The average Bonchev–Trinajstić information content (AvgIpc) is 3.52. The van der Waals surface area contributed by atoms with Gasteiger partial charge in [0.25, 0.3) is 0 Å². The van der Waals surface area contributed by atoms with Crippen LogP contribution >= 0.6 is 0 Å². The Labute approximate surface area is 188 Å². The maximum atomic E-state index is 12.7. The molecule has 2 aromatic heterocycles. The van der Waals surface area contributed by atoms with E-state index in [9.17, 15) is 14.4 Å². The zero-order chi connectivity index (χ0) is 23.4. The van der Waals surface area contributed by atoms with Gasteiger partial charge < -0.3 is 18.6 Å². The number of esters is 3. The molecule has 9 nitrogen and oxygen atoms in total. The van der Waals surface area contributed by atoms with Gasteiger partial charge in [0.05, 0.1) is 26.2 Å². The molecule has 4 rings (SSSR count). The van der Waals surface area contributed by atoms with E-state index in [2.05, 4.69) is 5.10 Å². The van der Waals surface area contributed by atoms with Gasteiger partial charge in [-0.05, 0) is 36.4 Å². The van der Waals surface area contributed by atoms with Gasteiger partial charge in [-0.1, -0.05) is 30.3 Å². The van der Waals surface area contributed by atoms with E-state index in [1.807, 2.05) is 6.07 Å². The van der Waals surface area contributed by atoms with Crippen LogP contribution in [-0.4, -0.2) is 41.9 Å². The van der Waals surface area contributed by atoms with Gasteiger partial charge in [-0.15, -0.1) is 0 Å². The Bertz CT molecular complexity index is 1310. The van der Waals surface area contributed by atoms with Crippen molar-refractivity contribution in [2.24, 2.45) is 0 Å². The summed E-state index contributed by atoms with van der Waals surface area (Å²) >= 11 is 0. The van der Waals surface area contributed by atoms with Gasteiger partial charge in [0.2, 0.25) is 5.76 Å². The summed E-state index contributed by atoms with van der Waals surface area (Å²) < 4.78 is 21.6. The molecule has 0 atom stereocenters. The van der Waals surface area contributed by atoms with Gasteiger partial charge in [0.1, 0.15) is 17.0 Å². The maximum absolute atomic E-state index is 12.7. The van der Waals surface area contributed by atoms with Crippen molar-refractivity contribution in [3.05, 3.63) is 90.0 Å². The van der Waals surface area contributed by atoms with Crippen LogP contribution in [0.2, 0.25) is 0 Å². The first kappa shape index (κ1) is 21.6. The van der Waals surface area contributed by atoms with Gasteiger partial charge in [0.15, 0.2) is 5.69 Å². The van der Waals surface area contributed by atoms with Crippen molar-refractivity contribution in [3.8, 4) is 22.7 Å². The summed E-state index contributed by atoms with van der Waals surface area (Å²) in [6.07, 6.45) is 1.36. The number of para-hydroxylation sites is 1. The minimum atomic E-state index is -0.773. The minimum absolute atomic E-state index is 0.0389. The van der Waals surface area contributed by atoms with Crippen LogP contribution in [0.1, 0.15) is 31.4 Å². The van der Waals surface area contributed by atoms with E-state index in [1.54, 1.807) is 48.5 Å². The zero-order valence-electron chi connectivity index (χ0n) is 17.7. The van der Waals surface area contributed by atoms with Crippen molar-refractivity contribution in [3.63, 3.8) is 0 Å². The van der Waals surface area contributed by atoms with Crippen LogP contribution in [0.3, 0.4) is 0 Å². The number of rotatable bonds is 6. The first-order valence-corrected chi connectivity index (χ1v) is 9.74. The Balaban J connectivity index is 1.85. The number of benzene rings is 2. The largest absolute Gasteiger partial charge is 0.465 e. The van der Waals surface area contributed by atoms with Gasteiger partial charge in [0, 0.05) is 5.56 Å². The van der Waals surface area contributed by atoms with Crippen molar-refractivity contribution >= 4 is 17.9 Å². The number of aromatic nitrogens is 2. The van der Waals surface area contributed by atoms with E-state index in [4.69, 9.17) is 18.6 Å². The first-order chi connectivity index (χ1) is 16.0. The molecule has 2 heterocycles. The second-order valence-corrected chi connectivity index (χ2v) is 6.70. The summed E-state index contributed by atoms with van der Waals surface area (Å²) in [4.78, 5) is 37.6. The molecule has 33 heavy (non-hydrogen) atoms. The Hall–Kier alpha value is -4.66. The molecular weight excluding hydrogens is 428 g/mol. The predicted octanol–water partition coefficient (Wildman–Crippen LogP) is 3.92. The van der Waals surface area contributed by atoms with Gasteiger partial charge >= 0.3 is 17.9 Å². The fourth-order valence-corrected chi connectivity index (χ4v) is 3.22. The number of methoxy groups -OCH3 is 2. The van der Waals surface area contributed by atoms with Crippen molar-refractivity contribution in [1.82, 2.24) is 9.78 Å². The van der Waals surface area contributed by atoms with Crippen LogP contribution in [0.15, 0.2) is 77.4 Å². The van der Waals surface area contributed by atoms with E-state index in [1.165, 1.54) is 37.3 Å². The van der Waals surface area contributed by atoms with E-state index < -0.39 is 17.9 Å². The van der Waals surface area contributed by atoms with Gasteiger partial charge in [-0.25, -0.2) is 19.1 Å². The number of ether oxygens (including phenoxy) is 3. The molecular formula is C24H18N2O7. The molecule has 9 heteroatoms. The third-order valence-electron chi connectivity index (χ3n) is 4.69. The fraction of sp³-hybridized carbons (Fsp3) is 0.0833. The Kier molecular flexibility index (Phi) is 6.03. The lowest BCUT2D eigenvalue weighted by molar-refractivity contribution is 0.0549. The summed E-state index contributed by atoms with van der Waals surface area (Å²) in [5.41, 5.74) is 0.933. The Morgan fingerprint density at radius 2 is 1.61 bits per heavy atom. The second-order valence-electron chi connectivity index (χ2n) is 6.70. The molecule has 0 saturated carbocycles. The molecule has 0 radical (unpaired) electrons. The highest BCUT2D eigenvalue weighted by atomic mass is 16.5. The number of carbonyl (C=O) groups excluding carboxylic acids is 3. The van der Waals surface area contributed by atoms with E-state index in [0.717, 1.165) is 0 Å². The topological polar surface area (TPSA) is 110 Å². The normalized spacial score (nSPS) is 10.5. The van der Waals surface area contributed by atoms with Crippen molar-refractivity contribution < 1.29 is 33.0 Å². The monoisotopic (exact) mass is 446 g/mol. The Morgan fingerprint density at radius 3 is 2.27 bits per heavy atom. The Morgan fingerprint density at radius 1 is 0.848 bits per heavy atom. The standard InChI is InChI=1S/C24H18N2O7/c1-30-23(28)19-20(25-26(21(19)24(29)31-2)16-9-4-3-5-10-16)15-8-6-11-17(14-15)33-22(27)18-12-7-13-32-18/h3-14H,1-2H3. The van der Waals surface area contributed by atoms with Crippen LogP contribution in [-0.2, 0) is 9.47 Å². The molecule has 0 bridgehead atoms. The molecule has 0 aliphatic heterocycles. The van der Waals surface area contributed by atoms with Gasteiger partial charge in [-0.2, -0.15) is 5.10 Å². The minimum Gasteiger partial charge on any atom is -0.465 e. The average molecular weight is 446 g/mol. The number of hydrogen-bond donors (Lipinski definition) is 0. The number of nitrogens with zero attached hydrogens (tertiary/aromatic N) is 2. The summed E-state index contributed by atoms with van der Waals surface area (Å²) in [6.45, 7) is 0.